The first-order valence-electron chi connectivity index (χ1n) is 13.2. The second-order valence-corrected chi connectivity index (χ2v) is 11.9. The molecule has 0 atom stereocenters. The van der Waals surface area contributed by atoms with E-state index in [-0.39, 0.29) is 22.4 Å². The van der Waals surface area contributed by atoms with Crippen molar-refractivity contribution in [3.05, 3.63) is 88.9 Å². The van der Waals surface area contributed by atoms with Crippen LogP contribution in [0.15, 0.2) is 82.8 Å². The van der Waals surface area contributed by atoms with Crippen molar-refractivity contribution in [2.24, 2.45) is 5.10 Å². The third-order valence-corrected chi connectivity index (χ3v) is 8.61. The molecule has 1 N–H and O–H groups in total. The van der Waals surface area contributed by atoms with Crippen molar-refractivity contribution >= 4 is 45.3 Å². The average molecular weight is 637 g/mol. The summed E-state index contributed by atoms with van der Waals surface area (Å²) in [5.41, 5.74) is 1.08. The Balaban J connectivity index is 1.43. The summed E-state index contributed by atoms with van der Waals surface area (Å²) < 4.78 is 73.2. The third-order valence-electron chi connectivity index (χ3n) is 6.51. The maximum atomic E-state index is 13.4. The number of benzene rings is 3. The third kappa shape index (κ3) is 8.48. The number of anilines is 1. The van der Waals surface area contributed by atoms with Gasteiger partial charge in [-0.1, -0.05) is 29.8 Å². The number of carbonyl (C=O) groups is 2. The number of carbonyl (C=O) groups excluding carboxylic acids is 2. The number of likely N-dealkylation sites (tertiary alicyclic amines) is 1. The van der Waals surface area contributed by atoms with Crippen LogP contribution < -0.4 is 14.5 Å². The molecule has 3 aromatic carbocycles. The number of alkyl halides is 3. The van der Waals surface area contributed by atoms with Gasteiger partial charge >= 0.3 is 6.18 Å². The molecule has 0 saturated carbocycles. The summed E-state index contributed by atoms with van der Waals surface area (Å²) in [6.45, 7) is 0.466. The van der Waals surface area contributed by atoms with E-state index in [1.54, 1.807) is 35.2 Å². The predicted molar refractivity (Wildman–Crippen MR) is 156 cm³/mol. The van der Waals surface area contributed by atoms with Crippen LogP contribution in [0.1, 0.15) is 30.4 Å². The van der Waals surface area contributed by atoms with Crippen LogP contribution in [0.5, 0.6) is 5.75 Å². The highest BCUT2D eigenvalue weighted by Gasteiger charge is 2.34. The standard InChI is InChI=1S/C29H28ClF3N4O5S/c30-25-14-11-22(29(31,32)33)17-26(25)37(43(40,41)24-7-3-1-4-8-24)19-27(38)35-34-18-21-9-12-23(13-10-21)42-20-28(39)36-15-5-2-6-16-36/h1,3-4,7-14,17-18H,2,5-6,15-16,19-20H2,(H,35,38)/b34-18-. The van der Waals surface area contributed by atoms with Crippen molar-refractivity contribution in [2.45, 2.75) is 30.3 Å². The second kappa shape index (κ2) is 13.9. The number of hydrogen-bond acceptors (Lipinski definition) is 6. The Kier molecular flexibility index (Phi) is 10.3. The fourth-order valence-electron chi connectivity index (χ4n) is 4.27. The quantitative estimate of drug-likeness (QED) is 0.246. The molecule has 2 amide bonds. The van der Waals surface area contributed by atoms with Crippen molar-refractivity contribution in [3.8, 4) is 5.75 Å². The van der Waals surface area contributed by atoms with E-state index in [0.717, 1.165) is 38.4 Å². The van der Waals surface area contributed by atoms with E-state index in [0.29, 0.717) is 27.8 Å². The van der Waals surface area contributed by atoms with Crippen molar-refractivity contribution in [3.63, 3.8) is 0 Å². The van der Waals surface area contributed by atoms with Crippen LogP contribution >= 0.6 is 11.6 Å². The molecular weight excluding hydrogens is 609 g/mol. The Hall–Kier alpha value is -4.10. The lowest BCUT2D eigenvalue weighted by Crippen LogP contribution is -2.40. The van der Waals surface area contributed by atoms with Gasteiger partial charge in [0.2, 0.25) is 0 Å². The normalized spacial score (nSPS) is 14.0. The summed E-state index contributed by atoms with van der Waals surface area (Å²) in [5, 5.41) is 3.52. The van der Waals surface area contributed by atoms with Gasteiger partial charge in [0, 0.05) is 13.1 Å². The Morgan fingerprint density at radius 1 is 1.00 bits per heavy atom. The molecule has 1 fully saturated rings. The molecule has 0 spiro atoms. The Labute approximate surface area is 251 Å². The topological polar surface area (TPSA) is 108 Å². The van der Waals surface area contributed by atoms with Gasteiger partial charge in [0.05, 0.1) is 27.4 Å². The van der Waals surface area contributed by atoms with E-state index in [1.807, 2.05) is 0 Å². The predicted octanol–water partition coefficient (Wildman–Crippen LogP) is 5.10. The molecule has 0 unspecified atom stereocenters. The number of amides is 2. The zero-order valence-corrected chi connectivity index (χ0v) is 24.3. The Bertz CT molecular complexity index is 1560. The monoisotopic (exact) mass is 636 g/mol. The number of sulfonamides is 1. The highest BCUT2D eigenvalue weighted by atomic mass is 35.5. The SMILES string of the molecule is O=C(CN(c1cc(C(F)(F)F)ccc1Cl)S(=O)(=O)c1ccccc1)N/N=C\c1ccc(OCC(=O)N2CCCCC2)cc1. The lowest BCUT2D eigenvalue weighted by molar-refractivity contribution is -0.137. The van der Waals surface area contributed by atoms with Gasteiger partial charge in [0.15, 0.2) is 6.61 Å². The summed E-state index contributed by atoms with van der Waals surface area (Å²) in [6, 6.07) is 15.6. The molecule has 1 heterocycles. The largest absolute Gasteiger partial charge is 0.484 e. The van der Waals surface area contributed by atoms with Gasteiger partial charge in [0.25, 0.3) is 21.8 Å². The average Bonchev–Trinajstić information content (AvgIpc) is 3.00. The molecule has 228 valence electrons. The number of hydrazone groups is 1. The molecule has 3 aromatic rings. The van der Waals surface area contributed by atoms with E-state index in [1.165, 1.54) is 30.5 Å². The molecule has 0 bridgehead atoms. The summed E-state index contributed by atoms with van der Waals surface area (Å²) in [7, 11) is -4.51. The van der Waals surface area contributed by atoms with Crippen molar-refractivity contribution < 1.29 is 35.9 Å². The van der Waals surface area contributed by atoms with Gasteiger partial charge in [0.1, 0.15) is 12.3 Å². The molecule has 9 nitrogen and oxygen atoms in total. The molecule has 1 aliphatic heterocycles. The molecule has 43 heavy (non-hydrogen) atoms. The summed E-state index contributed by atoms with van der Waals surface area (Å²) >= 11 is 6.13. The van der Waals surface area contributed by atoms with Crippen LogP contribution in [0.4, 0.5) is 18.9 Å². The zero-order valence-electron chi connectivity index (χ0n) is 22.8. The molecule has 0 aromatic heterocycles. The minimum Gasteiger partial charge on any atom is -0.484 e. The summed E-state index contributed by atoms with van der Waals surface area (Å²) in [6.07, 6.45) is -0.416. The summed E-state index contributed by atoms with van der Waals surface area (Å²) in [4.78, 5) is 26.6. The molecule has 4 rings (SSSR count). The van der Waals surface area contributed by atoms with E-state index < -0.39 is 39.9 Å². The number of hydrogen-bond donors (Lipinski definition) is 1. The highest BCUT2D eigenvalue weighted by Crippen LogP contribution is 2.37. The molecule has 0 aliphatic carbocycles. The molecule has 14 heteroatoms. The highest BCUT2D eigenvalue weighted by molar-refractivity contribution is 7.92. The van der Waals surface area contributed by atoms with Gasteiger partial charge in [-0.2, -0.15) is 18.3 Å². The number of ether oxygens (including phenoxy) is 1. The van der Waals surface area contributed by atoms with Gasteiger partial charge in [-0.25, -0.2) is 13.8 Å². The molecule has 0 radical (unpaired) electrons. The Morgan fingerprint density at radius 2 is 1.67 bits per heavy atom. The van der Waals surface area contributed by atoms with Gasteiger partial charge < -0.3 is 9.64 Å². The van der Waals surface area contributed by atoms with E-state index in [9.17, 15) is 31.2 Å². The number of nitrogens with zero attached hydrogens (tertiary/aromatic N) is 3. The first-order chi connectivity index (χ1) is 20.4. The second-order valence-electron chi connectivity index (χ2n) is 9.58. The lowest BCUT2D eigenvalue weighted by Gasteiger charge is -2.26. The fraction of sp³-hybridized carbons (Fsp3) is 0.276. The zero-order chi connectivity index (χ0) is 31.0. The minimum atomic E-state index is -4.78. The fourth-order valence-corrected chi connectivity index (χ4v) is 6.00. The minimum absolute atomic E-state index is 0.0807. The van der Waals surface area contributed by atoms with Crippen LogP contribution in [0.2, 0.25) is 5.02 Å². The van der Waals surface area contributed by atoms with E-state index in [2.05, 4.69) is 10.5 Å². The summed E-state index contributed by atoms with van der Waals surface area (Å²) in [5.74, 6) is -0.547. The van der Waals surface area contributed by atoms with Crippen LogP contribution in [0.3, 0.4) is 0 Å². The maximum Gasteiger partial charge on any atom is 0.416 e. The number of halogens is 4. The van der Waals surface area contributed by atoms with Gasteiger partial charge in [-0.15, -0.1) is 0 Å². The van der Waals surface area contributed by atoms with Crippen LogP contribution in [0.25, 0.3) is 0 Å². The molecule has 1 saturated heterocycles. The first-order valence-corrected chi connectivity index (χ1v) is 15.0. The van der Waals surface area contributed by atoms with E-state index in [4.69, 9.17) is 16.3 Å². The van der Waals surface area contributed by atoms with Crippen LogP contribution in [-0.2, 0) is 25.8 Å². The van der Waals surface area contributed by atoms with Gasteiger partial charge in [-0.05, 0) is 79.4 Å². The Morgan fingerprint density at radius 3 is 2.33 bits per heavy atom. The molecular formula is C29H28ClF3N4O5S. The van der Waals surface area contributed by atoms with Crippen LogP contribution in [0, 0.1) is 0 Å². The van der Waals surface area contributed by atoms with Crippen LogP contribution in [-0.4, -0.2) is 57.6 Å². The lowest BCUT2D eigenvalue weighted by atomic mass is 10.1. The van der Waals surface area contributed by atoms with Crippen molar-refractivity contribution in [1.82, 2.24) is 10.3 Å². The number of piperidine rings is 1. The van der Waals surface area contributed by atoms with Crippen molar-refractivity contribution in [2.75, 3.05) is 30.5 Å². The van der Waals surface area contributed by atoms with E-state index >= 15 is 0 Å². The maximum absolute atomic E-state index is 13.4. The molecule has 1 aliphatic rings. The van der Waals surface area contributed by atoms with Crippen molar-refractivity contribution in [1.29, 1.82) is 0 Å². The smallest absolute Gasteiger partial charge is 0.416 e. The number of nitrogens with one attached hydrogen (secondary N) is 1. The number of rotatable bonds is 10. The van der Waals surface area contributed by atoms with Gasteiger partial charge in [-0.3, -0.25) is 13.9 Å². The first kappa shape index (κ1) is 31.8.